The Hall–Kier alpha value is -0.0400. The summed E-state index contributed by atoms with van der Waals surface area (Å²) in [6.45, 7) is 0. The Bertz CT molecular complexity index is 332. The number of nitrogens with zero attached hydrogens (tertiary/aromatic N) is 1. The molecular formula is C8H4Br2ClN. The Kier molecular flexibility index (Phi) is 3.57. The molecule has 1 atom stereocenters. The van der Waals surface area contributed by atoms with Crippen molar-refractivity contribution in [3.8, 4) is 6.07 Å². The van der Waals surface area contributed by atoms with Gasteiger partial charge in [-0.05, 0) is 23.8 Å². The van der Waals surface area contributed by atoms with Crippen molar-refractivity contribution < 1.29 is 0 Å². The van der Waals surface area contributed by atoms with Crippen molar-refractivity contribution in [3.63, 3.8) is 0 Å². The van der Waals surface area contributed by atoms with Gasteiger partial charge in [-0.15, -0.1) is 0 Å². The predicted octanol–water partition coefficient (Wildman–Crippen LogP) is 4.06. The van der Waals surface area contributed by atoms with Crippen LogP contribution in [0.5, 0.6) is 0 Å². The molecule has 0 radical (unpaired) electrons. The Morgan fingerprint density at radius 3 is 2.75 bits per heavy atom. The van der Waals surface area contributed by atoms with Crippen molar-refractivity contribution >= 4 is 43.5 Å². The molecule has 0 spiro atoms. The lowest BCUT2D eigenvalue weighted by Gasteiger charge is -2.04. The molecular weight excluding hydrogens is 305 g/mol. The van der Waals surface area contributed by atoms with Crippen LogP contribution in [0.4, 0.5) is 0 Å². The van der Waals surface area contributed by atoms with Crippen LogP contribution < -0.4 is 0 Å². The van der Waals surface area contributed by atoms with E-state index in [0.717, 1.165) is 10.0 Å². The molecule has 0 fully saturated rings. The van der Waals surface area contributed by atoms with Gasteiger partial charge in [0.05, 0.1) is 6.07 Å². The molecule has 1 rings (SSSR count). The minimum absolute atomic E-state index is 0.345. The predicted molar refractivity (Wildman–Crippen MR) is 56.4 cm³/mol. The van der Waals surface area contributed by atoms with Crippen LogP contribution in [0.25, 0.3) is 0 Å². The number of alkyl halides is 1. The highest BCUT2D eigenvalue weighted by atomic mass is 79.9. The number of rotatable bonds is 1. The maximum absolute atomic E-state index is 8.63. The molecule has 0 aliphatic heterocycles. The minimum atomic E-state index is -0.345. The summed E-state index contributed by atoms with van der Waals surface area (Å²) < 4.78 is 0.918. The zero-order chi connectivity index (χ0) is 9.14. The number of nitriles is 1. The summed E-state index contributed by atoms with van der Waals surface area (Å²) in [4.78, 5) is -0.345. The zero-order valence-electron chi connectivity index (χ0n) is 5.89. The van der Waals surface area contributed by atoms with Gasteiger partial charge in [0.15, 0.2) is 0 Å². The van der Waals surface area contributed by atoms with Crippen LogP contribution in [0, 0.1) is 11.3 Å². The van der Waals surface area contributed by atoms with Gasteiger partial charge in [0.25, 0.3) is 0 Å². The van der Waals surface area contributed by atoms with E-state index in [-0.39, 0.29) is 4.83 Å². The number of halogens is 3. The molecule has 0 saturated heterocycles. The van der Waals surface area contributed by atoms with E-state index in [0.29, 0.717) is 5.02 Å². The molecule has 0 saturated carbocycles. The summed E-state index contributed by atoms with van der Waals surface area (Å²) in [5.41, 5.74) is 0.786. The van der Waals surface area contributed by atoms with Gasteiger partial charge in [0.1, 0.15) is 4.83 Å². The van der Waals surface area contributed by atoms with Gasteiger partial charge < -0.3 is 0 Å². The van der Waals surface area contributed by atoms with Crippen LogP contribution in [0.2, 0.25) is 5.02 Å². The summed E-state index contributed by atoms with van der Waals surface area (Å²) in [6.07, 6.45) is 0. The summed E-state index contributed by atoms with van der Waals surface area (Å²) in [5, 5.41) is 9.23. The second-order valence-electron chi connectivity index (χ2n) is 2.16. The summed E-state index contributed by atoms with van der Waals surface area (Å²) in [6, 6.07) is 7.48. The third-order valence-electron chi connectivity index (χ3n) is 1.34. The van der Waals surface area contributed by atoms with E-state index in [4.69, 9.17) is 16.9 Å². The fourth-order valence-electron chi connectivity index (χ4n) is 0.778. The highest BCUT2D eigenvalue weighted by Crippen LogP contribution is 2.30. The van der Waals surface area contributed by atoms with E-state index in [2.05, 4.69) is 37.9 Å². The second kappa shape index (κ2) is 4.27. The summed E-state index contributed by atoms with van der Waals surface area (Å²) in [5.74, 6) is 0. The van der Waals surface area contributed by atoms with E-state index in [1.54, 1.807) is 6.07 Å². The highest BCUT2D eigenvalue weighted by Gasteiger charge is 2.09. The molecule has 1 unspecified atom stereocenters. The van der Waals surface area contributed by atoms with E-state index in [9.17, 15) is 0 Å². The SMILES string of the molecule is N#CC(Br)c1cc(Br)ccc1Cl. The van der Waals surface area contributed by atoms with Crippen LogP contribution in [0.1, 0.15) is 10.4 Å². The van der Waals surface area contributed by atoms with Gasteiger partial charge >= 0.3 is 0 Å². The molecule has 12 heavy (non-hydrogen) atoms. The first-order valence-corrected chi connectivity index (χ1v) is 5.22. The fraction of sp³-hybridized carbons (Fsp3) is 0.125. The van der Waals surface area contributed by atoms with Gasteiger partial charge in [-0.2, -0.15) is 5.26 Å². The number of hydrogen-bond acceptors (Lipinski definition) is 1. The van der Waals surface area contributed by atoms with E-state index >= 15 is 0 Å². The third kappa shape index (κ3) is 2.22. The van der Waals surface area contributed by atoms with Crippen molar-refractivity contribution in [1.82, 2.24) is 0 Å². The Morgan fingerprint density at radius 2 is 2.17 bits per heavy atom. The van der Waals surface area contributed by atoms with Crippen LogP contribution in [0.3, 0.4) is 0 Å². The van der Waals surface area contributed by atoms with E-state index in [1.807, 2.05) is 12.1 Å². The normalized spacial score (nSPS) is 12.2. The van der Waals surface area contributed by atoms with Crippen molar-refractivity contribution in [3.05, 3.63) is 33.3 Å². The lowest BCUT2D eigenvalue weighted by Crippen LogP contribution is -1.86. The molecule has 0 aliphatic carbocycles. The quantitative estimate of drug-likeness (QED) is 0.718. The van der Waals surface area contributed by atoms with Gasteiger partial charge in [-0.25, -0.2) is 0 Å². The first kappa shape index (κ1) is 10.0. The number of hydrogen-bond donors (Lipinski definition) is 0. The maximum Gasteiger partial charge on any atom is 0.128 e. The average molecular weight is 309 g/mol. The minimum Gasteiger partial charge on any atom is -0.197 e. The summed E-state index contributed by atoms with van der Waals surface area (Å²) >= 11 is 12.4. The standard InChI is InChI=1S/C8H4Br2ClN/c9-5-1-2-8(11)6(3-5)7(10)4-12/h1-3,7H. The van der Waals surface area contributed by atoms with Gasteiger partial charge in [-0.1, -0.05) is 43.5 Å². The lowest BCUT2D eigenvalue weighted by molar-refractivity contribution is 1.24. The molecule has 62 valence electrons. The zero-order valence-corrected chi connectivity index (χ0v) is 9.82. The fourth-order valence-corrected chi connectivity index (χ4v) is 1.89. The van der Waals surface area contributed by atoms with Gasteiger partial charge in [-0.3, -0.25) is 0 Å². The largest absolute Gasteiger partial charge is 0.197 e. The van der Waals surface area contributed by atoms with E-state index < -0.39 is 0 Å². The van der Waals surface area contributed by atoms with Crippen LogP contribution in [0.15, 0.2) is 22.7 Å². The molecule has 1 nitrogen and oxygen atoms in total. The van der Waals surface area contributed by atoms with Crippen LogP contribution >= 0.6 is 43.5 Å². The third-order valence-corrected chi connectivity index (χ3v) is 2.88. The number of benzene rings is 1. The average Bonchev–Trinajstić information content (AvgIpc) is 2.08. The van der Waals surface area contributed by atoms with Crippen LogP contribution in [-0.4, -0.2) is 0 Å². The van der Waals surface area contributed by atoms with Crippen molar-refractivity contribution in [2.45, 2.75) is 4.83 Å². The Labute approximate surface area is 92.6 Å². The second-order valence-corrected chi connectivity index (χ2v) is 4.40. The maximum atomic E-state index is 8.63. The Balaban J connectivity index is 3.15. The van der Waals surface area contributed by atoms with Gasteiger partial charge in [0.2, 0.25) is 0 Å². The lowest BCUT2D eigenvalue weighted by atomic mass is 10.2. The van der Waals surface area contributed by atoms with Gasteiger partial charge in [0, 0.05) is 9.50 Å². The highest BCUT2D eigenvalue weighted by molar-refractivity contribution is 9.10. The molecule has 0 bridgehead atoms. The molecule has 0 amide bonds. The van der Waals surface area contributed by atoms with Crippen molar-refractivity contribution in [2.24, 2.45) is 0 Å². The smallest absolute Gasteiger partial charge is 0.128 e. The molecule has 1 aromatic carbocycles. The molecule has 0 heterocycles. The molecule has 0 aromatic heterocycles. The van der Waals surface area contributed by atoms with Crippen molar-refractivity contribution in [1.29, 1.82) is 5.26 Å². The van der Waals surface area contributed by atoms with Crippen LogP contribution in [-0.2, 0) is 0 Å². The topological polar surface area (TPSA) is 23.8 Å². The molecule has 0 aliphatic rings. The molecule has 4 heteroatoms. The monoisotopic (exact) mass is 307 g/mol. The van der Waals surface area contributed by atoms with Crippen molar-refractivity contribution in [2.75, 3.05) is 0 Å². The molecule has 1 aromatic rings. The first-order valence-electron chi connectivity index (χ1n) is 3.14. The summed E-state index contributed by atoms with van der Waals surface area (Å²) in [7, 11) is 0. The first-order chi connectivity index (χ1) is 5.65. The Morgan fingerprint density at radius 1 is 1.50 bits per heavy atom. The molecule has 0 N–H and O–H groups in total. The van der Waals surface area contributed by atoms with E-state index in [1.165, 1.54) is 0 Å².